The minimum atomic E-state index is 0.469. The van der Waals surface area contributed by atoms with Gasteiger partial charge in [-0.25, -0.2) is 9.97 Å². The maximum atomic E-state index is 7.02. The molecule has 22 aromatic rings. The van der Waals surface area contributed by atoms with Crippen LogP contribution in [0.5, 0.6) is 0 Å². The lowest BCUT2D eigenvalue weighted by atomic mass is 9.95. The molecule has 8 heterocycles. The van der Waals surface area contributed by atoms with E-state index in [4.69, 9.17) is 47.6 Å². The fraction of sp³-hybridized carbons (Fsp3) is 0. The van der Waals surface area contributed by atoms with Gasteiger partial charge in [0.25, 0.3) is 0 Å². The Hall–Kier alpha value is -14.1. The van der Waals surface area contributed by atoms with Crippen LogP contribution in [-0.2, 0) is 0 Å². The van der Waals surface area contributed by atoms with Gasteiger partial charge in [0, 0.05) is 81.3 Å². The minimum absolute atomic E-state index is 0.469. The van der Waals surface area contributed by atoms with E-state index in [9.17, 15) is 0 Å². The topological polar surface area (TPSA) is 140 Å². The molecule has 0 radical (unpaired) electrons. The van der Waals surface area contributed by atoms with Crippen molar-refractivity contribution in [1.82, 2.24) is 39.0 Å². The van der Waals surface area contributed by atoms with Crippen LogP contribution < -0.4 is 0 Å². The summed E-state index contributed by atoms with van der Waals surface area (Å²) in [7, 11) is 0. The van der Waals surface area contributed by atoms with Crippen LogP contribution in [0.15, 0.2) is 321 Å². The molecule has 0 fully saturated rings. The monoisotopic (exact) mass is 1310 g/mol. The third-order valence-corrected chi connectivity index (χ3v) is 20.3. The van der Waals surface area contributed by atoms with Crippen molar-refractivity contribution < 1.29 is 17.7 Å². The molecule has 0 aliphatic carbocycles. The Morgan fingerprint density at radius 2 is 0.559 bits per heavy atom. The van der Waals surface area contributed by atoms with E-state index in [0.717, 1.165) is 176 Å². The summed E-state index contributed by atoms with van der Waals surface area (Å²) in [5, 5.41) is 12.4. The Morgan fingerprint density at radius 1 is 0.196 bits per heavy atom. The number of hydrogen-bond acceptors (Lipinski definition) is 10. The van der Waals surface area contributed by atoms with E-state index in [1.807, 2.05) is 72.8 Å². The van der Waals surface area contributed by atoms with E-state index in [2.05, 4.69) is 240 Å². The normalized spacial score (nSPS) is 12.1. The van der Waals surface area contributed by atoms with E-state index >= 15 is 0 Å². The fourth-order valence-corrected chi connectivity index (χ4v) is 15.8. The molecule has 0 saturated heterocycles. The standard InChI is InChI=1S/C90H50N8O4/c1-2-21-51(22-3-1)85-91-87(95-89(93-85)97-70-39-9-4-25-57(70)58-26-5-10-40-71(58)97)67-37-16-35-65-79-55(30-18-45-77(79)101-83(65)67)53-47-48-75-69(50-53)63-34-15-31-56(82(63)100-75)52-23-14-24-54(49-52)86-92-88(96-90(94-86)98-72-41-11-6-27-59(72)60-28-7-12-42-73(60)98)68-38-17-36-66-81-62(33-20-46-78(81)102-84(66)68)61-32-19-44-76-80(61)64-29-8-13-43-74(64)99-76/h1-50H. The molecule has 0 N–H and O–H groups in total. The van der Waals surface area contributed by atoms with Crippen molar-refractivity contribution >= 4 is 131 Å². The Morgan fingerprint density at radius 3 is 1.15 bits per heavy atom. The summed E-state index contributed by atoms with van der Waals surface area (Å²) in [5.41, 5.74) is 19.2. The van der Waals surface area contributed by atoms with Gasteiger partial charge in [0.1, 0.15) is 44.7 Å². The highest BCUT2D eigenvalue weighted by atomic mass is 16.3. The van der Waals surface area contributed by atoms with Gasteiger partial charge >= 0.3 is 0 Å². The van der Waals surface area contributed by atoms with Crippen molar-refractivity contribution in [3.63, 3.8) is 0 Å². The summed E-state index contributed by atoms with van der Waals surface area (Å²) in [6.07, 6.45) is 0. The van der Waals surface area contributed by atoms with Crippen LogP contribution >= 0.6 is 0 Å². The second-order valence-electron chi connectivity index (χ2n) is 25.9. The molecule has 0 aliphatic heterocycles. The highest BCUT2D eigenvalue weighted by Gasteiger charge is 2.26. The predicted molar refractivity (Wildman–Crippen MR) is 409 cm³/mol. The SMILES string of the molecule is c1ccc(-c2nc(-c3cccc4c3oc3cccc(-c5ccc6oc7c(-c8cccc(-c9nc(-c%10cccc%11c%10oc%10cccc(-c%12cccc%13oc%14ccccc%14c%12%13)c%10%11)nc(-n%10c%11ccccc%11c%11ccccc%11%10)n9)c8)cccc7c6c5)c34)nc(-n3c4ccccc4c4ccccc43)n2)cc1. The van der Waals surface area contributed by atoms with Crippen LogP contribution in [0.1, 0.15) is 0 Å². The van der Waals surface area contributed by atoms with Crippen molar-refractivity contribution in [2.24, 2.45) is 0 Å². The summed E-state index contributed by atoms with van der Waals surface area (Å²) in [6.45, 7) is 0. The number of aromatic nitrogens is 8. The predicted octanol–water partition coefficient (Wildman–Crippen LogP) is 23.5. The number of nitrogens with zero attached hydrogens (tertiary/aromatic N) is 8. The molecule has 8 aromatic heterocycles. The number of furan rings is 4. The zero-order valence-corrected chi connectivity index (χ0v) is 54.1. The lowest BCUT2D eigenvalue weighted by molar-refractivity contribution is 0.668. The molecule has 474 valence electrons. The molecule has 0 unspecified atom stereocenters. The van der Waals surface area contributed by atoms with Crippen LogP contribution in [0, 0.1) is 0 Å². The van der Waals surface area contributed by atoms with E-state index in [0.29, 0.717) is 46.4 Å². The average molecular weight is 1310 g/mol. The molecule has 0 bridgehead atoms. The lowest BCUT2D eigenvalue weighted by Gasteiger charge is -2.12. The Bertz CT molecular complexity index is 7190. The Balaban J connectivity index is 0.668. The highest BCUT2D eigenvalue weighted by molar-refractivity contribution is 6.22. The average Bonchev–Trinajstić information content (AvgIpc) is 1.58. The van der Waals surface area contributed by atoms with Crippen molar-refractivity contribution in [3.05, 3.63) is 303 Å². The van der Waals surface area contributed by atoms with Crippen LogP contribution in [0.2, 0.25) is 0 Å². The van der Waals surface area contributed by atoms with Crippen LogP contribution in [-0.4, -0.2) is 39.0 Å². The quantitative estimate of drug-likeness (QED) is 0.137. The van der Waals surface area contributed by atoms with Gasteiger partial charge in [0.15, 0.2) is 23.3 Å². The zero-order valence-electron chi connectivity index (χ0n) is 54.1. The highest BCUT2D eigenvalue weighted by Crippen LogP contribution is 2.47. The summed E-state index contributed by atoms with van der Waals surface area (Å²) in [4.78, 5) is 32.0. The van der Waals surface area contributed by atoms with E-state index < -0.39 is 0 Å². The maximum absolute atomic E-state index is 7.02. The first-order valence-electron chi connectivity index (χ1n) is 34.0. The first kappa shape index (κ1) is 56.0. The first-order valence-corrected chi connectivity index (χ1v) is 34.0. The number of rotatable bonds is 9. The summed E-state index contributed by atoms with van der Waals surface area (Å²) in [6, 6.07) is 104. The molecule has 12 nitrogen and oxygen atoms in total. The van der Waals surface area contributed by atoms with Crippen LogP contribution in [0.3, 0.4) is 0 Å². The van der Waals surface area contributed by atoms with Crippen LogP contribution in [0.4, 0.5) is 0 Å². The van der Waals surface area contributed by atoms with Gasteiger partial charge in [-0.1, -0.05) is 224 Å². The molecule has 12 heteroatoms. The molecule has 0 amide bonds. The number of fused-ring (bicyclic) bond motifs is 18. The summed E-state index contributed by atoms with van der Waals surface area (Å²) >= 11 is 0. The minimum Gasteiger partial charge on any atom is -0.456 e. The zero-order chi connectivity index (χ0) is 66.7. The molecule has 0 saturated carbocycles. The largest absolute Gasteiger partial charge is 0.456 e. The van der Waals surface area contributed by atoms with Crippen molar-refractivity contribution in [2.75, 3.05) is 0 Å². The van der Waals surface area contributed by atoms with Crippen LogP contribution in [0.25, 0.3) is 222 Å². The number of para-hydroxylation sites is 8. The number of benzene rings is 14. The third-order valence-electron chi connectivity index (χ3n) is 20.3. The van der Waals surface area contributed by atoms with Gasteiger partial charge in [-0.3, -0.25) is 9.13 Å². The van der Waals surface area contributed by atoms with Gasteiger partial charge in [0.05, 0.1) is 33.2 Å². The smallest absolute Gasteiger partial charge is 0.238 e. The molecule has 102 heavy (non-hydrogen) atoms. The molecule has 14 aromatic carbocycles. The molecular formula is C90H50N8O4. The van der Waals surface area contributed by atoms with Crippen molar-refractivity contribution in [1.29, 1.82) is 0 Å². The maximum Gasteiger partial charge on any atom is 0.238 e. The van der Waals surface area contributed by atoms with Gasteiger partial charge in [0.2, 0.25) is 11.9 Å². The van der Waals surface area contributed by atoms with E-state index in [-0.39, 0.29) is 0 Å². The summed E-state index contributed by atoms with van der Waals surface area (Å²) < 4.78 is 31.6. The van der Waals surface area contributed by atoms with Gasteiger partial charge in [-0.05, 0) is 107 Å². The van der Waals surface area contributed by atoms with Crippen molar-refractivity contribution in [3.8, 4) is 90.8 Å². The fourth-order valence-electron chi connectivity index (χ4n) is 15.8. The summed E-state index contributed by atoms with van der Waals surface area (Å²) in [5.74, 6) is 3.02. The molecule has 0 atom stereocenters. The Kier molecular flexibility index (Phi) is 11.9. The van der Waals surface area contributed by atoms with Crippen molar-refractivity contribution in [2.45, 2.75) is 0 Å². The van der Waals surface area contributed by atoms with Gasteiger partial charge in [-0.15, -0.1) is 0 Å². The Labute approximate surface area is 578 Å². The van der Waals surface area contributed by atoms with E-state index in [1.54, 1.807) is 0 Å². The molecule has 0 spiro atoms. The van der Waals surface area contributed by atoms with E-state index in [1.165, 1.54) is 0 Å². The second-order valence-corrected chi connectivity index (χ2v) is 25.9. The van der Waals surface area contributed by atoms with Gasteiger partial charge in [-0.2, -0.15) is 19.9 Å². The first-order chi connectivity index (χ1) is 50.6. The lowest BCUT2D eigenvalue weighted by Crippen LogP contribution is -2.06. The molecule has 22 rings (SSSR count). The molecule has 0 aliphatic rings. The van der Waals surface area contributed by atoms with Gasteiger partial charge < -0.3 is 17.7 Å². The second kappa shape index (κ2) is 21.7. The molecular weight excluding hydrogens is 1260 g/mol. The number of hydrogen-bond donors (Lipinski definition) is 0. The third kappa shape index (κ3) is 8.38.